The second-order valence-electron chi connectivity index (χ2n) is 8.33. The summed E-state index contributed by atoms with van der Waals surface area (Å²) < 4.78 is 0. The number of nitrogens with two attached hydrogens (primary N) is 1. The van der Waals surface area contributed by atoms with Gasteiger partial charge in [-0.05, 0) is 48.5 Å². The molecule has 0 aliphatic carbocycles. The maximum Gasteiger partial charge on any atom is 0.398 e. The zero-order chi connectivity index (χ0) is 32.5. The SMILES string of the molecule is CC(=O)Nc1ncc(C)nc1C.Cc1cnc(N)c(C)n1.Cc1cnc(NC2(C)OOC2=O)c(C)n1.O.O=C=O.O=C=O. The maximum absolute atomic E-state index is 11.1. The standard InChI is InChI=1S/C9H11N3O3.C8H11N3O.C6H9N3.2CO2.H2O/c1-5-4-10-7(6(2)11-5)12-9(3)8(13)14-15-9;1-5-4-9-8(6(2)10-5)11-7(3)12;1-4-3-8-6(7)5(2)9-4;2*2-1-3;/h4H,1-3H3,(H,10,12);4H,1-3H3,(H,9,11,12);3H,1-2H3,(H2,7,8);;;1H2. The average Bonchev–Trinajstić information content (AvgIpc) is 2.90. The van der Waals surface area contributed by atoms with Crippen molar-refractivity contribution in [2.45, 2.75) is 61.1 Å². The molecule has 1 aliphatic heterocycles. The van der Waals surface area contributed by atoms with Crippen LogP contribution in [0.4, 0.5) is 17.5 Å². The van der Waals surface area contributed by atoms with Crippen LogP contribution in [-0.2, 0) is 38.5 Å². The predicted molar refractivity (Wildman–Crippen MR) is 146 cm³/mol. The van der Waals surface area contributed by atoms with Gasteiger partial charge in [-0.3, -0.25) is 24.6 Å². The Morgan fingerprint density at radius 2 is 1.19 bits per heavy atom. The number of nitrogens with one attached hydrogen (secondary N) is 2. The first kappa shape index (κ1) is 39.6. The van der Waals surface area contributed by atoms with Crippen molar-refractivity contribution in [3.8, 4) is 0 Å². The molecule has 0 spiro atoms. The first-order chi connectivity index (χ1) is 19.6. The van der Waals surface area contributed by atoms with Crippen molar-refractivity contribution in [2.75, 3.05) is 16.4 Å². The molecule has 0 aromatic carbocycles. The van der Waals surface area contributed by atoms with Crippen LogP contribution in [0.15, 0.2) is 18.6 Å². The predicted octanol–water partition coefficient (Wildman–Crippen LogP) is 0.446. The van der Waals surface area contributed by atoms with Crippen LogP contribution in [0.5, 0.6) is 0 Å². The lowest BCUT2D eigenvalue weighted by molar-refractivity contribution is -0.389. The van der Waals surface area contributed by atoms with E-state index in [1.165, 1.54) is 6.92 Å². The van der Waals surface area contributed by atoms with Gasteiger partial charge in [0, 0.05) is 6.92 Å². The molecule has 0 saturated carbocycles. The number of nitrogens with zero attached hydrogens (tertiary/aromatic N) is 6. The van der Waals surface area contributed by atoms with Gasteiger partial charge in [0.05, 0.1) is 52.8 Å². The molecule has 0 radical (unpaired) electrons. The van der Waals surface area contributed by atoms with E-state index in [4.69, 9.17) is 29.8 Å². The molecular weight excluding hydrogens is 570 g/mol. The minimum atomic E-state index is -1.14. The van der Waals surface area contributed by atoms with Crippen molar-refractivity contribution in [1.29, 1.82) is 0 Å². The fraction of sp³-hybridized carbons (Fsp3) is 0.360. The molecular formula is C25H33N9O9. The highest BCUT2D eigenvalue weighted by molar-refractivity contribution is 5.88. The van der Waals surface area contributed by atoms with Gasteiger partial charge in [-0.2, -0.15) is 19.2 Å². The number of amides is 1. The molecule has 3 aromatic heterocycles. The van der Waals surface area contributed by atoms with E-state index in [-0.39, 0.29) is 23.7 Å². The highest BCUT2D eigenvalue weighted by atomic mass is 17.3. The smallest absolute Gasteiger partial charge is 0.398 e. The molecule has 4 rings (SSSR count). The molecule has 232 valence electrons. The third-order valence-electron chi connectivity index (χ3n) is 4.56. The summed E-state index contributed by atoms with van der Waals surface area (Å²) >= 11 is 0. The van der Waals surface area contributed by atoms with E-state index >= 15 is 0 Å². The Balaban J connectivity index is 0. The number of rotatable bonds is 3. The van der Waals surface area contributed by atoms with E-state index in [0.29, 0.717) is 23.1 Å². The molecule has 3 aromatic rings. The summed E-state index contributed by atoms with van der Waals surface area (Å²) in [7, 11) is 0. The van der Waals surface area contributed by atoms with Crippen LogP contribution in [0, 0.1) is 41.5 Å². The van der Waals surface area contributed by atoms with Crippen LogP contribution in [0.1, 0.15) is 48.0 Å². The lowest BCUT2D eigenvalue weighted by Gasteiger charge is -2.33. The molecule has 18 heteroatoms. The maximum atomic E-state index is 11.1. The van der Waals surface area contributed by atoms with Crippen LogP contribution < -0.4 is 16.4 Å². The number of aromatic nitrogens is 6. The molecule has 1 amide bonds. The largest absolute Gasteiger partial charge is 0.412 e. The Hall–Kier alpha value is -5.54. The Bertz CT molecular complexity index is 1430. The average molecular weight is 604 g/mol. The van der Waals surface area contributed by atoms with Crippen molar-refractivity contribution in [1.82, 2.24) is 29.9 Å². The molecule has 1 saturated heterocycles. The Morgan fingerprint density at radius 1 is 0.791 bits per heavy atom. The summed E-state index contributed by atoms with van der Waals surface area (Å²) in [5, 5.41) is 5.42. The fourth-order valence-corrected chi connectivity index (χ4v) is 2.71. The van der Waals surface area contributed by atoms with Gasteiger partial charge in [0.15, 0.2) is 5.82 Å². The van der Waals surface area contributed by atoms with Crippen molar-refractivity contribution in [2.24, 2.45) is 0 Å². The van der Waals surface area contributed by atoms with Gasteiger partial charge in [-0.15, -0.1) is 4.89 Å². The molecule has 6 N–H and O–H groups in total. The Labute approximate surface area is 246 Å². The van der Waals surface area contributed by atoms with Gasteiger partial charge in [0.1, 0.15) is 11.6 Å². The number of nitrogen functional groups attached to an aromatic ring is 1. The van der Waals surface area contributed by atoms with E-state index in [9.17, 15) is 9.59 Å². The van der Waals surface area contributed by atoms with Crippen molar-refractivity contribution in [3.63, 3.8) is 0 Å². The molecule has 1 unspecified atom stereocenters. The van der Waals surface area contributed by atoms with Gasteiger partial charge >= 0.3 is 18.3 Å². The van der Waals surface area contributed by atoms with Gasteiger partial charge in [-0.25, -0.2) is 19.7 Å². The van der Waals surface area contributed by atoms with E-state index in [1.807, 2.05) is 34.6 Å². The summed E-state index contributed by atoms with van der Waals surface area (Å²) in [4.78, 5) is 87.7. The van der Waals surface area contributed by atoms with Crippen LogP contribution in [0.25, 0.3) is 0 Å². The van der Waals surface area contributed by atoms with Crippen molar-refractivity contribution in [3.05, 3.63) is 52.8 Å². The quantitative estimate of drug-likeness (QED) is 0.342. The van der Waals surface area contributed by atoms with Crippen LogP contribution in [0.2, 0.25) is 0 Å². The highest BCUT2D eigenvalue weighted by Crippen LogP contribution is 2.25. The molecule has 1 fully saturated rings. The summed E-state index contributed by atoms with van der Waals surface area (Å²) in [5.41, 5.74) is 9.09. The molecule has 0 bridgehead atoms. The lowest BCUT2D eigenvalue weighted by atomic mass is 10.2. The fourth-order valence-electron chi connectivity index (χ4n) is 2.71. The highest BCUT2D eigenvalue weighted by Gasteiger charge is 2.49. The van der Waals surface area contributed by atoms with Gasteiger partial charge < -0.3 is 21.8 Å². The van der Waals surface area contributed by atoms with Gasteiger partial charge in [0.25, 0.3) is 5.72 Å². The van der Waals surface area contributed by atoms with E-state index in [0.717, 1.165) is 28.5 Å². The monoisotopic (exact) mass is 603 g/mol. The molecule has 43 heavy (non-hydrogen) atoms. The zero-order valence-electron chi connectivity index (χ0n) is 24.8. The van der Waals surface area contributed by atoms with Crippen molar-refractivity contribution < 1.29 is 44.0 Å². The molecule has 18 nitrogen and oxygen atoms in total. The molecule has 4 heterocycles. The van der Waals surface area contributed by atoms with E-state index in [1.54, 1.807) is 32.4 Å². The molecule has 1 atom stereocenters. The van der Waals surface area contributed by atoms with Crippen LogP contribution >= 0.6 is 0 Å². The number of carbonyl (C=O) groups is 2. The summed E-state index contributed by atoms with van der Waals surface area (Å²) in [6.07, 6.45) is 5.39. The van der Waals surface area contributed by atoms with E-state index in [2.05, 4.69) is 45.4 Å². The topological polar surface area (TPSA) is 280 Å². The first-order valence-corrected chi connectivity index (χ1v) is 11.7. The lowest BCUT2D eigenvalue weighted by Crippen LogP contribution is -2.56. The third kappa shape index (κ3) is 14.6. The normalized spacial score (nSPS) is 13.5. The number of hydrogen-bond donors (Lipinski definition) is 3. The Morgan fingerprint density at radius 3 is 1.49 bits per heavy atom. The van der Waals surface area contributed by atoms with Crippen LogP contribution in [-0.4, -0.2) is 65.3 Å². The zero-order valence-corrected chi connectivity index (χ0v) is 24.8. The van der Waals surface area contributed by atoms with Gasteiger partial charge in [-0.1, -0.05) is 0 Å². The molecule has 1 aliphatic rings. The third-order valence-corrected chi connectivity index (χ3v) is 4.56. The number of aryl methyl sites for hydroxylation is 6. The summed E-state index contributed by atoms with van der Waals surface area (Å²) in [6.45, 7) is 14.1. The number of anilines is 3. The van der Waals surface area contributed by atoms with Gasteiger partial charge in [0.2, 0.25) is 5.91 Å². The number of hydrogen-bond acceptors (Lipinski definition) is 16. The van der Waals surface area contributed by atoms with Crippen LogP contribution in [0.3, 0.4) is 0 Å². The second-order valence-corrected chi connectivity index (χ2v) is 8.33. The summed E-state index contributed by atoms with van der Waals surface area (Å²) in [6, 6.07) is 0. The number of carbonyl (C=O) groups excluding carboxylic acids is 6. The Kier molecular flexibility index (Phi) is 18.0. The summed E-state index contributed by atoms with van der Waals surface area (Å²) in [5.74, 6) is 0.967. The first-order valence-electron chi connectivity index (χ1n) is 11.7. The van der Waals surface area contributed by atoms with E-state index < -0.39 is 11.7 Å². The minimum Gasteiger partial charge on any atom is -0.412 e. The van der Waals surface area contributed by atoms with Crippen molar-refractivity contribution >= 4 is 41.6 Å². The minimum absolute atomic E-state index is 0. The second kappa shape index (κ2) is 19.5.